The minimum absolute atomic E-state index is 0.0907. The Kier molecular flexibility index (Phi) is 13.4. The molecule has 0 radical (unpaired) electrons. The van der Waals surface area contributed by atoms with Crippen molar-refractivity contribution in [2.24, 2.45) is 0 Å². The maximum Gasteiger partial charge on any atom is 0.306 e. The second kappa shape index (κ2) is 16.3. The zero-order valence-corrected chi connectivity index (χ0v) is 21.1. The van der Waals surface area contributed by atoms with Crippen LogP contribution in [0.4, 0.5) is 0 Å². The van der Waals surface area contributed by atoms with Gasteiger partial charge in [-0.3, -0.25) is 4.79 Å². The molecule has 0 spiro atoms. The molecule has 0 aliphatic heterocycles. The minimum atomic E-state index is -0.223. The highest BCUT2D eigenvalue weighted by molar-refractivity contribution is 5.69. The summed E-state index contributed by atoms with van der Waals surface area (Å²) in [6, 6.07) is 16.5. The number of carbonyl (C=O) groups excluding carboxylic acids is 1. The highest BCUT2D eigenvalue weighted by Crippen LogP contribution is 2.26. The van der Waals surface area contributed by atoms with Crippen LogP contribution in [0.2, 0.25) is 0 Å². The molecule has 0 bridgehead atoms. The van der Waals surface area contributed by atoms with Crippen molar-refractivity contribution in [2.45, 2.75) is 104 Å². The standard InChI is InChI=1S/C30H44O3/c1-4-6-8-9-10-11-12-13-15-30(31)33-25(3)26-16-18-27(19-17-26)28-20-22-29(23-21-28)32-24-14-7-5-2/h16-23,25H,4-15,24H2,1-3H3. The zero-order valence-electron chi connectivity index (χ0n) is 21.1. The predicted molar refractivity (Wildman–Crippen MR) is 139 cm³/mol. The molecule has 1 atom stereocenters. The molecule has 33 heavy (non-hydrogen) atoms. The van der Waals surface area contributed by atoms with Crippen LogP contribution >= 0.6 is 0 Å². The molecule has 0 amide bonds. The van der Waals surface area contributed by atoms with Crippen molar-refractivity contribution in [3.8, 4) is 16.9 Å². The maximum absolute atomic E-state index is 12.2. The van der Waals surface area contributed by atoms with Gasteiger partial charge < -0.3 is 9.47 Å². The summed E-state index contributed by atoms with van der Waals surface area (Å²) in [5.41, 5.74) is 3.33. The number of esters is 1. The van der Waals surface area contributed by atoms with Crippen LogP contribution in [-0.2, 0) is 9.53 Å². The van der Waals surface area contributed by atoms with E-state index in [1.807, 2.05) is 19.1 Å². The Labute approximate surface area is 201 Å². The molecule has 0 saturated heterocycles. The summed E-state index contributed by atoms with van der Waals surface area (Å²) >= 11 is 0. The first-order valence-corrected chi connectivity index (χ1v) is 13.2. The third kappa shape index (κ3) is 10.9. The average Bonchev–Trinajstić information content (AvgIpc) is 2.84. The van der Waals surface area contributed by atoms with Crippen molar-refractivity contribution < 1.29 is 14.3 Å². The van der Waals surface area contributed by atoms with Gasteiger partial charge in [0, 0.05) is 6.42 Å². The Morgan fingerprint density at radius 3 is 1.82 bits per heavy atom. The fourth-order valence-corrected chi connectivity index (χ4v) is 3.96. The van der Waals surface area contributed by atoms with E-state index in [0.717, 1.165) is 48.3 Å². The number of carbonyl (C=O) groups is 1. The van der Waals surface area contributed by atoms with Crippen molar-refractivity contribution in [1.29, 1.82) is 0 Å². The van der Waals surface area contributed by atoms with Crippen LogP contribution in [0.1, 0.15) is 109 Å². The summed E-state index contributed by atoms with van der Waals surface area (Å²) in [5.74, 6) is 0.829. The first-order chi connectivity index (χ1) is 16.1. The fourth-order valence-electron chi connectivity index (χ4n) is 3.96. The smallest absolute Gasteiger partial charge is 0.306 e. The second-order valence-corrected chi connectivity index (χ2v) is 9.06. The molecule has 1 unspecified atom stereocenters. The van der Waals surface area contributed by atoms with Gasteiger partial charge in [0.25, 0.3) is 0 Å². The maximum atomic E-state index is 12.2. The van der Waals surface area contributed by atoms with Gasteiger partial charge in [-0.05, 0) is 48.6 Å². The van der Waals surface area contributed by atoms with E-state index < -0.39 is 0 Å². The lowest BCUT2D eigenvalue weighted by Gasteiger charge is -2.14. The Hall–Kier alpha value is -2.29. The van der Waals surface area contributed by atoms with Crippen molar-refractivity contribution >= 4 is 5.97 Å². The first kappa shape index (κ1) is 27.0. The molecule has 0 fully saturated rings. The summed E-state index contributed by atoms with van der Waals surface area (Å²) in [7, 11) is 0. The molecule has 2 rings (SSSR count). The molecule has 0 saturated carbocycles. The largest absolute Gasteiger partial charge is 0.494 e. The molecule has 182 valence electrons. The zero-order chi connectivity index (χ0) is 23.7. The van der Waals surface area contributed by atoms with Crippen LogP contribution in [0, 0.1) is 0 Å². The van der Waals surface area contributed by atoms with Crippen molar-refractivity contribution in [3.05, 3.63) is 54.1 Å². The minimum Gasteiger partial charge on any atom is -0.494 e. The quantitative estimate of drug-likeness (QED) is 0.177. The van der Waals surface area contributed by atoms with Crippen LogP contribution in [-0.4, -0.2) is 12.6 Å². The second-order valence-electron chi connectivity index (χ2n) is 9.06. The van der Waals surface area contributed by atoms with Gasteiger partial charge in [-0.1, -0.05) is 108 Å². The van der Waals surface area contributed by atoms with Gasteiger partial charge >= 0.3 is 5.97 Å². The molecular formula is C30H44O3. The van der Waals surface area contributed by atoms with Crippen LogP contribution in [0.3, 0.4) is 0 Å². The molecular weight excluding hydrogens is 408 g/mol. The molecule has 3 nitrogen and oxygen atoms in total. The van der Waals surface area contributed by atoms with Crippen LogP contribution < -0.4 is 4.74 Å². The van der Waals surface area contributed by atoms with E-state index in [9.17, 15) is 4.79 Å². The summed E-state index contributed by atoms with van der Waals surface area (Å²) in [5, 5.41) is 0. The van der Waals surface area contributed by atoms with Crippen LogP contribution in [0.25, 0.3) is 11.1 Å². The van der Waals surface area contributed by atoms with Gasteiger partial charge in [-0.15, -0.1) is 0 Å². The van der Waals surface area contributed by atoms with Gasteiger partial charge in [0.2, 0.25) is 0 Å². The molecule has 0 aromatic heterocycles. The molecule has 2 aromatic rings. The normalized spacial score (nSPS) is 11.8. The number of rotatable bonds is 17. The Morgan fingerprint density at radius 1 is 0.697 bits per heavy atom. The number of benzene rings is 2. The topological polar surface area (TPSA) is 35.5 Å². The summed E-state index contributed by atoms with van der Waals surface area (Å²) in [6.45, 7) is 7.16. The number of unbranched alkanes of at least 4 members (excludes halogenated alkanes) is 9. The molecule has 0 aliphatic carbocycles. The number of hydrogen-bond donors (Lipinski definition) is 0. The third-order valence-electron chi connectivity index (χ3n) is 6.13. The van der Waals surface area contributed by atoms with E-state index in [-0.39, 0.29) is 12.1 Å². The fraction of sp³-hybridized carbons (Fsp3) is 0.567. The highest BCUT2D eigenvalue weighted by Gasteiger charge is 2.12. The number of ether oxygens (including phenoxy) is 2. The molecule has 0 N–H and O–H groups in total. The van der Waals surface area contributed by atoms with E-state index in [4.69, 9.17) is 9.47 Å². The molecule has 0 aliphatic rings. The van der Waals surface area contributed by atoms with E-state index in [1.165, 1.54) is 51.4 Å². The lowest BCUT2D eigenvalue weighted by molar-refractivity contribution is -0.148. The van der Waals surface area contributed by atoms with Gasteiger partial charge in [-0.25, -0.2) is 0 Å². The Bertz CT molecular complexity index is 764. The first-order valence-electron chi connectivity index (χ1n) is 13.2. The average molecular weight is 453 g/mol. The van der Waals surface area contributed by atoms with E-state index in [0.29, 0.717) is 6.42 Å². The van der Waals surface area contributed by atoms with E-state index in [2.05, 4.69) is 50.2 Å². The lowest BCUT2D eigenvalue weighted by atomic mass is 10.0. The Balaban J connectivity index is 1.71. The molecule has 0 heterocycles. The summed E-state index contributed by atoms with van der Waals surface area (Å²) < 4.78 is 11.5. The van der Waals surface area contributed by atoms with Crippen molar-refractivity contribution in [2.75, 3.05) is 6.61 Å². The third-order valence-corrected chi connectivity index (χ3v) is 6.13. The van der Waals surface area contributed by atoms with Crippen LogP contribution in [0.15, 0.2) is 48.5 Å². The Morgan fingerprint density at radius 2 is 1.21 bits per heavy atom. The summed E-state index contributed by atoms with van der Waals surface area (Å²) in [6.07, 6.45) is 13.6. The lowest BCUT2D eigenvalue weighted by Crippen LogP contribution is -2.08. The van der Waals surface area contributed by atoms with Crippen LogP contribution in [0.5, 0.6) is 5.75 Å². The molecule has 3 heteroatoms. The van der Waals surface area contributed by atoms with E-state index in [1.54, 1.807) is 0 Å². The SMILES string of the molecule is CCCCCCCCCCC(=O)OC(C)c1ccc(-c2ccc(OCCCCC)cc2)cc1. The van der Waals surface area contributed by atoms with Crippen molar-refractivity contribution in [1.82, 2.24) is 0 Å². The monoisotopic (exact) mass is 452 g/mol. The van der Waals surface area contributed by atoms with Gasteiger partial charge in [0.05, 0.1) is 6.61 Å². The highest BCUT2D eigenvalue weighted by atomic mass is 16.5. The van der Waals surface area contributed by atoms with E-state index >= 15 is 0 Å². The predicted octanol–water partition coefficient (Wildman–Crippen LogP) is 9.06. The van der Waals surface area contributed by atoms with Gasteiger partial charge in [-0.2, -0.15) is 0 Å². The van der Waals surface area contributed by atoms with Crippen molar-refractivity contribution in [3.63, 3.8) is 0 Å². The summed E-state index contributed by atoms with van der Waals surface area (Å²) in [4.78, 5) is 12.2. The molecule has 2 aromatic carbocycles. The number of hydrogen-bond acceptors (Lipinski definition) is 3. The van der Waals surface area contributed by atoms with Gasteiger partial charge in [0.1, 0.15) is 11.9 Å². The van der Waals surface area contributed by atoms with Gasteiger partial charge in [0.15, 0.2) is 0 Å².